The molecule has 0 fully saturated rings. The summed E-state index contributed by atoms with van der Waals surface area (Å²) in [4.78, 5) is 20.3. The molecule has 0 saturated carbocycles. The summed E-state index contributed by atoms with van der Waals surface area (Å²) in [6, 6.07) is 8.16. The number of hydrogen-bond donors (Lipinski definition) is 4. The maximum Gasteiger partial charge on any atom is 0.273 e. The Bertz CT molecular complexity index is 1060. The highest BCUT2D eigenvalue weighted by atomic mass is 35.5. The molecule has 0 bridgehead atoms. The van der Waals surface area contributed by atoms with Crippen LogP contribution in [0.15, 0.2) is 36.3 Å². The Labute approximate surface area is 216 Å². The third kappa shape index (κ3) is 8.17. The molecule has 2 aromatic rings. The van der Waals surface area contributed by atoms with Gasteiger partial charge in [-0.1, -0.05) is 37.1 Å². The van der Waals surface area contributed by atoms with Crippen molar-refractivity contribution in [1.29, 1.82) is 0 Å². The lowest BCUT2D eigenvalue weighted by Crippen LogP contribution is -2.41. The summed E-state index contributed by atoms with van der Waals surface area (Å²) in [6.07, 6.45) is 5.36. The molecule has 0 unspecified atom stereocenters. The topological polar surface area (TPSA) is 147 Å². The third-order valence-electron chi connectivity index (χ3n) is 5.50. The predicted molar refractivity (Wildman–Crippen MR) is 139 cm³/mol. The van der Waals surface area contributed by atoms with Crippen LogP contribution in [-0.2, 0) is 15.9 Å². The number of ether oxygens (including phenoxy) is 3. The van der Waals surface area contributed by atoms with Gasteiger partial charge in [0.2, 0.25) is 5.79 Å². The van der Waals surface area contributed by atoms with Crippen molar-refractivity contribution in [3.63, 3.8) is 0 Å². The van der Waals surface area contributed by atoms with Gasteiger partial charge in [-0.25, -0.2) is 9.97 Å². The minimum atomic E-state index is -0.633. The third-order valence-corrected chi connectivity index (χ3v) is 5.77. The monoisotopic (exact) mass is 518 g/mol. The molecule has 1 aromatic carbocycles. The largest absolute Gasteiger partial charge is 0.486 e. The minimum absolute atomic E-state index is 0.00559. The van der Waals surface area contributed by atoms with E-state index in [9.17, 15) is 4.79 Å². The standard InChI is InChI=1S/C25H35ClN6O4/c1-4-6-17(13-30-24(33)20-22(27)32-23(28)21(26)31-20)29-12-5-7-16-8-10-18(11-9-16)34-14-19-15-35-25(2,3)36-19/h8-11,15,17,29H,4-7,12-14H2,1-3H3,(H,30,33)(H4,27,28,32)/t17-/m0/s1. The van der Waals surface area contributed by atoms with Crippen LogP contribution in [0.2, 0.25) is 5.15 Å². The normalized spacial score (nSPS) is 14.9. The zero-order valence-electron chi connectivity index (χ0n) is 21.0. The molecule has 36 heavy (non-hydrogen) atoms. The van der Waals surface area contributed by atoms with Crippen molar-refractivity contribution in [2.75, 3.05) is 31.2 Å². The van der Waals surface area contributed by atoms with Crippen molar-refractivity contribution in [2.24, 2.45) is 0 Å². The number of anilines is 2. The molecule has 11 heteroatoms. The van der Waals surface area contributed by atoms with Crippen LogP contribution in [0.4, 0.5) is 11.6 Å². The van der Waals surface area contributed by atoms with E-state index in [-0.39, 0.29) is 28.5 Å². The number of nitrogens with one attached hydrogen (secondary N) is 2. The number of aromatic nitrogens is 2. The summed E-state index contributed by atoms with van der Waals surface area (Å²) < 4.78 is 16.8. The Morgan fingerprint density at radius 3 is 2.61 bits per heavy atom. The first-order valence-electron chi connectivity index (χ1n) is 12.0. The number of rotatable bonds is 13. The van der Waals surface area contributed by atoms with E-state index in [1.807, 2.05) is 26.0 Å². The quantitative estimate of drug-likeness (QED) is 0.293. The molecule has 6 N–H and O–H groups in total. The van der Waals surface area contributed by atoms with Crippen LogP contribution in [-0.4, -0.2) is 47.4 Å². The summed E-state index contributed by atoms with van der Waals surface area (Å²) in [5, 5.41) is 6.33. The van der Waals surface area contributed by atoms with Crippen molar-refractivity contribution >= 4 is 29.1 Å². The summed E-state index contributed by atoms with van der Waals surface area (Å²) in [7, 11) is 0. The van der Waals surface area contributed by atoms with E-state index in [0.717, 1.165) is 38.0 Å². The van der Waals surface area contributed by atoms with Gasteiger partial charge in [0.25, 0.3) is 5.91 Å². The fourth-order valence-electron chi connectivity index (χ4n) is 3.67. The number of aryl methyl sites for hydroxylation is 1. The highest BCUT2D eigenvalue weighted by Crippen LogP contribution is 2.25. The van der Waals surface area contributed by atoms with Gasteiger partial charge < -0.3 is 36.3 Å². The Morgan fingerprint density at radius 1 is 1.19 bits per heavy atom. The van der Waals surface area contributed by atoms with Crippen molar-refractivity contribution in [2.45, 2.75) is 58.3 Å². The lowest BCUT2D eigenvalue weighted by molar-refractivity contribution is -0.119. The van der Waals surface area contributed by atoms with Gasteiger partial charge in [0.15, 0.2) is 28.2 Å². The highest BCUT2D eigenvalue weighted by molar-refractivity contribution is 6.31. The molecule has 3 rings (SSSR count). The first-order chi connectivity index (χ1) is 17.2. The lowest BCUT2D eigenvalue weighted by atomic mass is 10.1. The van der Waals surface area contributed by atoms with E-state index >= 15 is 0 Å². The van der Waals surface area contributed by atoms with Gasteiger partial charge in [-0.2, -0.15) is 0 Å². The molecule has 1 aromatic heterocycles. The number of nitrogen functional groups attached to an aromatic ring is 2. The molecular formula is C25H35ClN6O4. The number of nitrogens with two attached hydrogens (primary N) is 2. The van der Waals surface area contributed by atoms with Crippen LogP contribution in [0.25, 0.3) is 0 Å². The first kappa shape index (κ1) is 27.3. The average molecular weight is 519 g/mol. The van der Waals surface area contributed by atoms with E-state index in [1.165, 1.54) is 5.56 Å². The van der Waals surface area contributed by atoms with Gasteiger partial charge in [0.05, 0.1) is 0 Å². The molecule has 0 saturated heterocycles. The molecule has 0 spiro atoms. The van der Waals surface area contributed by atoms with Crippen LogP contribution in [0.1, 0.15) is 56.1 Å². The van der Waals surface area contributed by atoms with Crippen LogP contribution in [0.5, 0.6) is 5.75 Å². The second kappa shape index (κ2) is 12.6. The van der Waals surface area contributed by atoms with Crippen molar-refractivity contribution < 1.29 is 19.0 Å². The Hall–Kier alpha value is -3.24. The molecule has 1 atom stereocenters. The molecule has 1 aliphatic heterocycles. The number of amides is 1. The van der Waals surface area contributed by atoms with E-state index in [1.54, 1.807) is 6.26 Å². The van der Waals surface area contributed by atoms with E-state index in [0.29, 0.717) is 18.9 Å². The number of benzene rings is 1. The maximum atomic E-state index is 12.5. The number of carbonyl (C=O) groups excluding carboxylic acids is 1. The van der Waals surface area contributed by atoms with Crippen LogP contribution < -0.4 is 26.8 Å². The number of carbonyl (C=O) groups is 1. The van der Waals surface area contributed by atoms with Crippen molar-refractivity contribution in [3.8, 4) is 5.75 Å². The van der Waals surface area contributed by atoms with Crippen LogP contribution in [0.3, 0.4) is 0 Å². The van der Waals surface area contributed by atoms with E-state index < -0.39 is 11.7 Å². The minimum Gasteiger partial charge on any atom is -0.486 e. The molecule has 0 radical (unpaired) electrons. The zero-order chi connectivity index (χ0) is 26.1. The second-order valence-corrected chi connectivity index (χ2v) is 9.38. The van der Waals surface area contributed by atoms with Crippen LogP contribution >= 0.6 is 11.6 Å². The maximum absolute atomic E-state index is 12.5. The first-order valence-corrected chi connectivity index (χ1v) is 12.4. The van der Waals surface area contributed by atoms with E-state index in [2.05, 4.69) is 39.7 Å². The van der Waals surface area contributed by atoms with Gasteiger partial charge in [-0.05, 0) is 43.5 Å². The fourth-order valence-corrected chi connectivity index (χ4v) is 3.80. The molecule has 1 amide bonds. The molecule has 196 valence electrons. The lowest BCUT2D eigenvalue weighted by Gasteiger charge is -2.19. The number of halogens is 1. The van der Waals surface area contributed by atoms with Crippen molar-refractivity contribution in [1.82, 2.24) is 20.6 Å². The summed E-state index contributed by atoms with van der Waals surface area (Å²) in [5.74, 6) is 0.326. The van der Waals surface area contributed by atoms with E-state index in [4.69, 9.17) is 37.3 Å². The van der Waals surface area contributed by atoms with Crippen molar-refractivity contribution in [3.05, 3.63) is 52.7 Å². The molecule has 1 aliphatic rings. The highest BCUT2D eigenvalue weighted by Gasteiger charge is 2.27. The Kier molecular flexibility index (Phi) is 9.60. The smallest absolute Gasteiger partial charge is 0.273 e. The van der Waals surface area contributed by atoms with Gasteiger partial charge in [-0.3, -0.25) is 4.79 Å². The average Bonchev–Trinajstić information content (AvgIpc) is 3.20. The molecule has 10 nitrogen and oxygen atoms in total. The summed E-state index contributed by atoms with van der Waals surface area (Å²) in [6.45, 7) is 7.38. The number of hydrogen-bond acceptors (Lipinski definition) is 9. The van der Waals surface area contributed by atoms with Gasteiger partial charge in [-0.15, -0.1) is 0 Å². The molecule has 0 aliphatic carbocycles. The van der Waals surface area contributed by atoms with Crippen LogP contribution in [0, 0.1) is 0 Å². The SMILES string of the molecule is CCC[C@@H](CNC(=O)c1nc(Cl)c(N)nc1N)NCCCc1ccc(OCC2=COC(C)(C)O2)cc1. The Morgan fingerprint density at radius 2 is 1.94 bits per heavy atom. The second-order valence-electron chi connectivity index (χ2n) is 9.02. The zero-order valence-corrected chi connectivity index (χ0v) is 21.7. The summed E-state index contributed by atoms with van der Waals surface area (Å²) >= 11 is 5.87. The fraction of sp³-hybridized carbons (Fsp3) is 0.480. The Balaban J connectivity index is 1.38. The predicted octanol–water partition coefficient (Wildman–Crippen LogP) is 3.42. The van der Waals surface area contributed by atoms with Gasteiger partial charge >= 0.3 is 0 Å². The van der Waals surface area contributed by atoms with Gasteiger partial charge in [0, 0.05) is 26.4 Å². The van der Waals surface area contributed by atoms with Gasteiger partial charge in [0.1, 0.15) is 18.6 Å². The number of nitrogens with zero attached hydrogens (tertiary/aromatic N) is 2. The summed E-state index contributed by atoms with van der Waals surface area (Å²) in [5.41, 5.74) is 12.5. The molecular weight excluding hydrogens is 484 g/mol. The molecule has 2 heterocycles.